The van der Waals surface area contributed by atoms with Gasteiger partial charge in [0.2, 0.25) is 0 Å². The van der Waals surface area contributed by atoms with E-state index in [2.05, 4.69) is 15.3 Å². The van der Waals surface area contributed by atoms with Crippen LogP contribution in [0.1, 0.15) is 35.8 Å². The van der Waals surface area contributed by atoms with Crippen LogP contribution in [0.5, 0.6) is 5.75 Å². The average molecular weight is 507 g/mol. The van der Waals surface area contributed by atoms with Gasteiger partial charge >= 0.3 is 0 Å². The van der Waals surface area contributed by atoms with Crippen LogP contribution in [0.15, 0.2) is 34.9 Å². The molecule has 0 radical (unpaired) electrons. The summed E-state index contributed by atoms with van der Waals surface area (Å²) in [6, 6.07) is 6.45. The van der Waals surface area contributed by atoms with E-state index in [0.717, 1.165) is 0 Å². The largest absolute Gasteiger partial charge is 0.493 e. The van der Waals surface area contributed by atoms with Crippen molar-refractivity contribution in [2.24, 2.45) is 0 Å². The highest BCUT2D eigenvalue weighted by atomic mass is 35.5. The Morgan fingerprint density at radius 2 is 2.26 bits per heavy atom. The number of nitrogens with zero attached hydrogens (tertiary/aromatic N) is 3. The molecule has 2 atom stereocenters. The Hall–Kier alpha value is -2.95. The summed E-state index contributed by atoms with van der Waals surface area (Å²) in [7, 11) is 1.48. The van der Waals surface area contributed by atoms with Crippen molar-refractivity contribution >= 4 is 34.6 Å². The van der Waals surface area contributed by atoms with Gasteiger partial charge in [0.25, 0.3) is 11.9 Å². The summed E-state index contributed by atoms with van der Waals surface area (Å²) in [6.07, 6.45) is 2.14. The summed E-state index contributed by atoms with van der Waals surface area (Å²) in [4.78, 5) is 23.9. The third-order valence-corrected chi connectivity index (χ3v) is 6.27. The Morgan fingerprint density at radius 3 is 2.97 bits per heavy atom. The van der Waals surface area contributed by atoms with Crippen LogP contribution in [0.4, 0.5) is 10.4 Å². The number of hydrogen-bond acceptors (Lipinski definition) is 8. The van der Waals surface area contributed by atoms with E-state index < -0.39 is 18.3 Å². The maximum atomic E-state index is 13.6. The predicted molar refractivity (Wildman–Crippen MR) is 129 cm³/mol. The second kappa shape index (κ2) is 10.8. The number of carbonyl (C=O) groups is 1. The minimum absolute atomic E-state index is 0.0779. The minimum atomic E-state index is -0.717. The van der Waals surface area contributed by atoms with Crippen LogP contribution >= 0.6 is 11.6 Å². The highest BCUT2D eigenvalue weighted by molar-refractivity contribution is 6.30. The lowest BCUT2D eigenvalue weighted by Gasteiger charge is -2.45. The first-order valence-electron chi connectivity index (χ1n) is 11.3. The smallest absolute Gasteiger partial charge is 0.296 e. The molecule has 35 heavy (non-hydrogen) atoms. The molecule has 3 aromatic rings. The number of pyridine rings is 1. The maximum absolute atomic E-state index is 13.6. The van der Waals surface area contributed by atoms with Gasteiger partial charge in [-0.3, -0.25) is 14.2 Å². The molecule has 188 valence electrons. The van der Waals surface area contributed by atoms with E-state index in [1.54, 1.807) is 35.4 Å². The quantitative estimate of drug-likeness (QED) is 0.450. The lowest BCUT2D eigenvalue weighted by molar-refractivity contribution is -0.122. The fraction of sp³-hybridized carbons (Fsp3) is 0.458. The van der Waals surface area contributed by atoms with Crippen molar-refractivity contribution in [1.29, 1.82) is 0 Å². The van der Waals surface area contributed by atoms with E-state index in [0.29, 0.717) is 46.1 Å². The molecule has 1 fully saturated rings. The molecule has 3 heterocycles. The zero-order chi connectivity index (χ0) is 25.0. The number of halogens is 2. The Kier molecular flexibility index (Phi) is 7.73. The van der Waals surface area contributed by atoms with Gasteiger partial charge in [0.15, 0.2) is 11.3 Å². The molecule has 9 nitrogen and oxygen atoms in total. The van der Waals surface area contributed by atoms with Crippen molar-refractivity contribution in [3.05, 3.63) is 46.7 Å². The van der Waals surface area contributed by atoms with Gasteiger partial charge < -0.3 is 29.2 Å². The molecule has 1 aliphatic rings. The summed E-state index contributed by atoms with van der Waals surface area (Å²) in [5.41, 5.74) is 1.15. The number of benzene rings is 1. The third kappa shape index (κ3) is 5.66. The monoisotopic (exact) mass is 506 g/mol. The van der Waals surface area contributed by atoms with Gasteiger partial charge in [0.1, 0.15) is 5.52 Å². The first-order chi connectivity index (χ1) is 16.9. The van der Waals surface area contributed by atoms with E-state index in [4.69, 9.17) is 25.5 Å². The number of anilines is 1. The molecule has 1 amide bonds. The Bertz CT molecular complexity index is 1190. The fourth-order valence-corrected chi connectivity index (χ4v) is 4.33. The molecular weight excluding hydrogens is 479 g/mol. The number of aliphatic hydroxyl groups is 1. The van der Waals surface area contributed by atoms with E-state index in [1.807, 2.05) is 6.92 Å². The second-order valence-corrected chi connectivity index (χ2v) is 9.10. The van der Waals surface area contributed by atoms with E-state index in [1.165, 1.54) is 7.11 Å². The summed E-state index contributed by atoms with van der Waals surface area (Å²) in [6.45, 7) is 1.95. The van der Waals surface area contributed by atoms with E-state index >= 15 is 0 Å². The number of carbonyl (C=O) groups excluding carboxylic acids is 1. The normalized spacial score (nSPS) is 20.3. The number of alkyl halides is 1. The maximum Gasteiger partial charge on any atom is 0.296 e. The van der Waals surface area contributed by atoms with Crippen molar-refractivity contribution in [1.82, 2.24) is 14.9 Å². The summed E-state index contributed by atoms with van der Waals surface area (Å²) < 4.78 is 30.4. The van der Waals surface area contributed by atoms with Gasteiger partial charge in [-0.15, -0.1) is 0 Å². The Labute approximate surface area is 207 Å². The molecule has 0 bridgehead atoms. The third-order valence-electron chi connectivity index (χ3n) is 6.04. The molecule has 1 aromatic carbocycles. The molecule has 0 saturated carbocycles. The number of rotatable bonds is 9. The van der Waals surface area contributed by atoms with Gasteiger partial charge in [-0.25, -0.2) is 0 Å². The van der Waals surface area contributed by atoms with Gasteiger partial charge in [-0.05, 0) is 37.6 Å². The number of methoxy groups -OCH3 is 1. The summed E-state index contributed by atoms with van der Waals surface area (Å²) >= 11 is 6.01. The SMILES string of the molecule is COc1cc(C(=O)N2CC(C)(CCO)OCC2CCF)cc2nc(NCc3cc(Cl)ccn3)oc12. The Morgan fingerprint density at radius 1 is 1.43 bits per heavy atom. The van der Waals surface area contributed by atoms with Crippen LogP contribution in [0.3, 0.4) is 0 Å². The predicted octanol–water partition coefficient (Wildman–Crippen LogP) is 3.84. The van der Waals surface area contributed by atoms with Crippen LogP contribution in [0, 0.1) is 0 Å². The van der Waals surface area contributed by atoms with Crippen LogP contribution < -0.4 is 10.1 Å². The summed E-state index contributed by atoms with van der Waals surface area (Å²) in [5, 5.41) is 13.0. The van der Waals surface area contributed by atoms with Crippen molar-refractivity contribution in [3.63, 3.8) is 0 Å². The van der Waals surface area contributed by atoms with Gasteiger partial charge in [-0.1, -0.05) is 11.6 Å². The van der Waals surface area contributed by atoms with Gasteiger partial charge in [0.05, 0.1) is 50.8 Å². The molecule has 4 rings (SSSR count). The lowest BCUT2D eigenvalue weighted by Crippen LogP contribution is -2.57. The first-order valence-corrected chi connectivity index (χ1v) is 11.7. The van der Waals surface area contributed by atoms with Crippen LogP contribution in [0.25, 0.3) is 11.1 Å². The standard InChI is InChI=1S/C24H28ClFN4O5/c1-24(5-8-31)14-30(18(3-6-26)13-34-24)22(32)15-9-19-21(20(10-15)33-2)35-23(29-19)28-12-17-11-16(25)4-7-27-17/h4,7,9-11,18,31H,3,5-6,8,12-14H2,1-2H3,(H,28,29). The zero-order valence-corrected chi connectivity index (χ0v) is 20.3. The zero-order valence-electron chi connectivity index (χ0n) is 19.6. The molecule has 1 aliphatic heterocycles. The minimum Gasteiger partial charge on any atom is -0.493 e. The molecule has 0 aliphatic carbocycles. The van der Waals surface area contributed by atoms with Crippen molar-refractivity contribution < 1.29 is 28.2 Å². The number of aromatic nitrogens is 2. The number of fused-ring (bicyclic) bond motifs is 1. The number of ether oxygens (including phenoxy) is 2. The molecule has 1 saturated heterocycles. The molecule has 0 spiro atoms. The molecule has 2 unspecified atom stereocenters. The topological polar surface area (TPSA) is 110 Å². The number of morpholine rings is 1. The van der Waals surface area contributed by atoms with Crippen molar-refractivity contribution in [2.75, 3.05) is 38.9 Å². The molecule has 2 aromatic heterocycles. The molecular formula is C24H28ClFN4O5. The number of oxazole rings is 1. The van der Waals surface area contributed by atoms with Crippen LogP contribution in [-0.2, 0) is 11.3 Å². The lowest BCUT2D eigenvalue weighted by atomic mass is 9.96. The van der Waals surface area contributed by atoms with E-state index in [-0.39, 0.29) is 38.1 Å². The first kappa shape index (κ1) is 25.2. The van der Waals surface area contributed by atoms with Gasteiger partial charge in [0, 0.05) is 29.8 Å². The number of amides is 1. The Balaban J connectivity index is 1.60. The van der Waals surface area contributed by atoms with Crippen molar-refractivity contribution in [3.8, 4) is 5.75 Å². The number of aliphatic hydroxyl groups excluding tert-OH is 1. The summed E-state index contributed by atoms with van der Waals surface area (Å²) in [5.74, 6) is 0.0532. The van der Waals surface area contributed by atoms with E-state index in [9.17, 15) is 14.3 Å². The number of nitrogens with one attached hydrogen (secondary N) is 1. The molecule has 11 heteroatoms. The van der Waals surface area contributed by atoms with Crippen LogP contribution in [-0.4, -0.2) is 71.1 Å². The number of hydrogen-bond donors (Lipinski definition) is 2. The highest BCUT2D eigenvalue weighted by Crippen LogP contribution is 2.33. The average Bonchev–Trinajstić information content (AvgIpc) is 3.26. The second-order valence-electron chi connectivity index (χ2n) is 8.66. The fourth-order valence-electron chi connectivity index (χ4n) is 4.14. The van der Waals surface area contributed by atoms with Gasteiger partial charge in [-0.2, -0.15) is 4.98 Å². The molecule has 2 N–H and O–H groups in total. The van der Waals surface area contributed by atoms with Crippen LogP contribution in [0.2, 0.25) is 5.02 Å². The highest BCUT2D eigenvalue weighted by Gasteiger charge is 2.39. The van der Waals surface area contributed by atoms with Crippen molar-refractivity contribution in [2.45, 2.75) is 38.0 Å².